The standard InChI is InChI=1S/C21H25ClN2O2/c1-15(2)13-23-21(26)20(18-7-5-4-6-8-18)24(16(3)25)14-17-9-11-19(22)12-10-17/h4-12,15,20H,13-14H2,1-3H3,(H,23,26). The molecule has 26 heavy (non-hydrogen) atoms. The predicted molar refractivity (Wildman–Crippen MR) is 105 cm³/mol. The van der Waals surface area contributed by atoms with Gasteiger partial charge in [-0.15, -0.1) is 0 Å². The average molecular weight is 373 g/mol. The molecule has 0 heterocycles. The third-order valence-corrected chi connectivity index (χ3v) is 4.28. The normalized spacial score (nSPS) is 11.9. The first-order chi connectivity index (χ1) is 12.4. The minimum absolute atomic E-state index is 0.159. The van der Waals surface area contributed by atoms with Crippen molar-refractivity contribution in [3.63, 3.8) is 0 Å². The first-order valence-corrected chi connectivity index (χ1v) is 9.10. The van der Waals surface area contributed by atoms with Crippen molar-refractivity contribution in [2.24, 2.45) is 5.92 Å². The second-order valence-electron chi connectivity index (χ2n) is 6.73. The molecule has 5 heteroatoms. The summed E-state index contributed by atoms with van der Waals surface area (Å²) in [6, 6.07) is 16.0. The molecule has 1 unspecified atom stereocenters. The Balaban J connectivity index is 2.33. The van der Waals surface area contributed by atoms with Gasteiger partial charge in [0.2, 0.25) is 11.8 Å². The van der Waals surface area contributed by atoms with Crippen molar-refractivity contribution in [3.05, 3.63) is 70.7 Å². The van der Waals surface area contributed by atoms with E-state index in [0.29, 0.717) is 24.0 Å². The first kappa shape index (κ1) is 20.0. The summed E-state index contributed by atoms with van der Waals surface area (Å²) >= 11 is 5.95. The van der Waals surface area contributed by atoms with E-state index in [1.165, 1.54) is 6.92 Å². The third kappa shape index (κ3) is 5.60. The lowest BCUT2D eigenvalue weighted by Gasteiger charge is -2.31. The second-order valence-corrected chi connectivity index (χ2v) is 7.16. The molecule has 0 aliphatic heterocycles. The molecule has 0 fully saturated rings. The van der Waals surface area contributed by atoms with Gasteiger partial charge >= 0.3 is 0 Å². The van der Waals surface area contributed by atoms with Crippen LogP contribution in [0.1, 0.15) is 37.9 Å². The zero-order chi connectivity index (χ0) is 19.1. The molecule has 0 aromatic heterocycles. The number of nitrogens with zero attached hydrogens (tertiary/aromatic N) is 1. The van der Waals surface area contributed by atoms with Gasteiger partial charge in [0.05, 0.1) is 0 Å². The van der Waals surface area contributed by atoms with Crippen LogP contribution >= 0.6 is 11.6 Å². The maximum atomic E-state index is 12.9. The highest BCUT2D eigenvalue weighted by Crippen LogP contribution is 2.24. The molecule has 2 amide bonds. The largest absolute Gasteiger partial charge is 0.354 e. The Hall–Kier alpha value is -2.33. The third-order valence-electron chi connectivity index (χ3n) is 4.03. The van der Waals surface area contributed by atoms with Crippen LogP contribution < -0.4 is 5.32 Å². The van der Waals surface area contributed by atoms with Crippen LogP contribution in [0.5, 0.6) is 0 Å². The van der Waals surface area contributed by atoms with Crippen LogP contribution in [0.2, 0.25) is 5.02 Å². The summed E-state index contributed by atoms with van der Waals surface area (Å²) in [5, 5.41) is 3.59. The first-order valence-electron chi connectivity index (χ1n) is 8.72. The number of carbonyl (C=O) groups excluding carboxylic acids is 2. The maximum Gasteiger partial charge on any atom is 0.247 e. The number of rotatable bonds is 7. The molecule has 0 saturated heterocycles. The lowest BCUT2D eigenvalue weighted by Crippen LogP contribution is -2.43. The molecule has 0 spiro atoms. The van der Waals surface area contributed by atoms with Crippen molar-refractivity contribution in [1.29, 1.82) is 0 Å². The number of benzene rings is 2. The second kappa shape index (κ2) is 9.39. The molecule has 0 aliphatic rings. The van der Waals surface area contributed by atoms with Crippen LogP contribution in [-0.4, -0.2) is 23.3 Å². The molecule has 2 rings (SSSR count). The molecule has 0 radical (unpaired) electrons. The smallest absolute Gasteiger partial charge is 0.247 e. The van der Waals surface area contributed by atoms with Gasteiger partial charge in [-0.2, -0.15) is 0 Å². The summed E-state index contributed by atoms with van der Waals surface area (Å²) < 4.78 is 0. The Bertz CT molecular complexity index is 729. The number of hydrogen-bond donors (Lipinski definition) is 1. The summed E-state index contributed by atoms with van der Waals surface area (Å²) in [6.45, 7) is 6.46. The summed E-state index contributed by atoms with van der Waals surface area (Å²) in [6.07, 6.45) is 0. The maximum absolute atomic E-state index is 12.9. The molecule has 0 saturated carbocycles. The lowest BCUT2D eigenvalue weighted by atomic mass is 10.0. The van der Waals surface area contributed by atoms with Crippen LogP contribution in [0.25, 0.3) is 0 Å². The van der Waals surface area contributed by atoms with Gasteiger partial charge in [-0.3, -0.25) is 9.59 Å². The lowest BCUT2D eigenvalue weighted by molar-refractivity contribution is -0.140. The van der Waals surface area contributed by atoms with Crippen molar-refractivity contribution in [2.45, 2.75) is 33.4 Å². The average Bonchev–Trinajstić information content (AvgIpc) is 2.62. The van der Waals surface area contributed by atoms with Crippen LogP contribution in [-0.2, 0) is 16.1 Å². The predicted octanol–water partition coefficient (Wildman–Crippen LogP) is 4.20. The van der Waals surface area contributed by atoms with Gasteiger partial charge in [0, 0.05) is 25.0 Å². The molecule has 2 aromatic rings. The summed E-state index contributed by atoms with van der Waals surface area (Å²) in [5.41, 5.74) is 1.71. The fourth-order valence-electron chi connectivity index (χ4n) is 2.68. The van der Waals surface area contributed by atoms with E-state index in [2.05, 4.69) is 5.32 Å². The Morgan fingerprint density at radius 1 is 1.04 bits per heavy atom. The molecule has 4 nitrogen and oxygen atoms in total. The SMILES string of the molecule is CC(=O)N(Cc1ccc(Cl)cc1)C(C(=O)NCC(C)C)c1ccccc1. The number of nitrogens with one attached hydrogen (secondary N) is 1. The van der Waals surface area contributed by atoms with Crippen LogP contribution in [0.4, 0.5) is 0 Å². The highest BCUT2D eigenvalue weighted by molar-refractivity contribution is 6.30. The molecule has 0 bridgehead atoms. The van der Waals surface area contributed by atoms with Gasteiger partial charge in [0.25, 0.3) is 0 Å². The number of amides is 2. The minimum atomic E-state index is -0.678. The quantitative estimate of drug-likeness (QED) is 0.791. The Morgan fingerprint density at radius 3 is 2.19 bits per heavy atom. The van der Waals surface area contributed by atoms with Crippen molar-refractivity contribution in [2.75, 3.05) is 6.54 Å². The van der Waals surface area contributed by atoms with Crippen LogP contribution in [0, 0.1) is 5.92 Å². The van der Waals surface area contributed by atoms with Gasteiger partial charge in [0.15, 0.2) is 0 Å². The Morgan fingerprint density at radius 2 is 1.65 bits per heavy atom. The minimum Gasteiger partial charge on any atom is -0.354 e. The number of hydrogen-bond acceptors (Lipinski definition) is 2. The van der Waals surface area contributed by atoms with E-state index in [-0.39, 0.29) is 11.8 Å². The van der Waals surface area contributed by atoms with E-state index in [4.69, 9.17) is 11.6 Å². The fourth-order valence-corrected chi connectivity index (χ4v) is 2.81. The summed E-state index contributed by atoms with van der Waals surface area (Å²) in [7, 11) is 0. The van der Waals surface area contributed by atoms with Gasteiger partial charge in [-0.1, -0.05) is 67.9 Å². The zero-order valence-electron chi connectivity index (χ0n) is 15.4. The molecule has 2 aromatic carbocycles. The summed E-state index contributed by atoms with van der Waals surface area (Å²) in [4.78, 5) is 26.9. The zero-order valence-corrected chi connectivity index (χ0v) is 16.2. The van der Waals surface area contributed by atoms with Crippen molar-refractivity contribution >= 4 is 23.4 Å². The molecular weight excluding hydrogens is 348 g/mol. The monoisotopic (exact) mass is 372 g/mol. The van der Waals surface area contributed by atoms with E-state index in [9.17, 15) is 9.59 Å². The summed E-state index contributed by atoms with van der Waals surface area (Å²) in [5.74, 6) is -0.0000184. The Labute approximate surface area is 160 Å². The van der Waals surface area contributed by atoms with Crippen LogP contribution in [0.15, 0.2) is 54.6 Å². The van der Waals surface area contributed by atoms with Crippen molar-refractivity contribution in [3.8, 4) is 0 Å². The van der Waals surface area contributed by atoms with Crippen molar-refractivity contribution in [1.82, 2.24) is 10.2 Å². The van der Waals surface area contributed by atoms with Gasteiger partial charge in [0.1, 0.15) is 6.04 Å². The van der Waals surface area contributed by atoms with Crippen molar-refractivity contribution < 1.29 is 9.59 Å². The highest BCUT2D eigenvalue weighted by Gasteiger charge is 2.29. The fraction of sp³-hybridized carbons (Fsp3) is 0.333. The van der Waals surface area contributed by atoms with Gasteiger partial charge in [-0.25, -0.2) is 0 Å². The van der Waals surface area contributed by atoms with E-state index in [1.54, 1.807) is 17.0 Å². The molecular formula is C21H25ClN2O2. The molecule has 138 valence electrons. The van der Waals surface area contributed by atoms with E-state index in [0.717, 1.165) is 11.1 Å². The van der Waals surface area contributed by atoms with E-state index >= 15 is 0 Å². The number of carbonyl (C=O) groups is 2. The number of halogens is 1. The van der Waals surface area contributed by atoms with Gasteiger partial charge < -0.3 is 10.2 Å². The molecule has 0 aliphatic carbocycles. The van der Waals surface area contributed by atoms with E-state index < -0.39 is 6.04 Å². The topological polar surface area (TPSA) is 49.4 Å². The highest BCUT2D eigenvalue weighted by atomic mass is 35.5. The van der Waals surface area contributed by atoms with E-state index in [1.807, 2.05) is 56.3 Å². The Kier molecular flexibility index (Phi) is 7.22. The molecule has 1 atom stereocenters. The van der Waals surface area contributed by atoms with Gasteiger partial charge in [-0.05, 0) is 29.2 Å². The molecule has 1 N–H and O–H groups in total. The van der Waals surface area contributed by atoms with Crippen LogP contribution in [0.3, 0.4) is 0 Å².